The van der Waals surface area contributed by atoms with E-state index in [2.05, 4.69) is 16.5 Å². The van der Waals surface area contributed by atoms with Crippen LogP contribution >= 0.6 is 0 Å². The number of amides is 2. The van der Waals surface area contributed by atoms with Crippen LogP contribution in [-0.2, 0) is 6.54 Å². The van der Waals surface area contributed by atoms with Crippen molar-refractivity contribution in [2.45, 2.75) is 6.54 Å². The average molecular weight is 403 g/mol. The van der Waals surface area contributed by atoms with Crippen molar-refractivity contribution in [2.24, 2.45) is 0 Å². The summed E-state index contributed by atoms with van der Waals surface area (Å²) in [5.41, 5.74) is 1.41. The van der Waals surface area contributed by atoms with Crippen molar-refractivity contribution in [3.63, 3.8) is 0 Å². The Kier molecular flexibility index (Phi) is 5.92. The molecule has 30 heavy (non-hydrogen) atoms. The Hall–Kier alpha value is -3.83. The minimum atomic E-state index is -0.113. The third-order valence-electron chi connectivity index (χ3n) is 4.76. The van der Waals surface area contributed by atoms with Crippen LogP contribution in [0.5, 0.6) is 11.5 Å². The standard InChI is InChI=1S/C22H21N5O3/c23-15-17-3-1-5-19(13-17)30-20-6-2-4-18(14-20)16-27(21-7-12-29-25-21)22(28)26-10-8-24-9-11-26/h1-7,12-14,24H,8-11,16H2. The highest BCUT2D eigenvalue weighted by molar-refractivity contribution is 5.91. The molecule has 1 aliphatic heterocycles. The number of ether oxygens (including phenoxy) is 1. The number of hydrogen-bond acceptors (Lipinski definition) is 6. The number of piperazine rings is 1. The molecule has 2 heterocycles. The first-order chi connectivity index (χ1) is 14.7. The fourth-order valence-corrected chi connectivity index (χ4v) is 3.27. The van der Waals surface area contributed by atoms with E-state index in [-0.39, 0.29) is 6.03 Å². The van der Waals surface area contributed by atoms with E-state index in [1.807, 2.05) is 24.3 Å². The molecule has 3 aromatic rings. The van der Waals surface area contributed by atoms with Crippen LogP contribution < -0.4 is 15.0 Å². The molecule has 1 aromatic heterocycles. The summed E-state index contributed by atoms with van der Waals surface area (Å²) in [5.74, 6) is 1.67. The second kappa shape index (κ2) is 9.11. The molecule has 0 aliphatic carbocycles. The number of anilines is 1. The summed E-state index contributed by atoms with van der Waals surface area (Å²) in [7, 11) is 0. The van der Waals surface area contributed by atoms with Gasteiger partial charge in [-0.2, -0.15) is 5.26 Å². The van der Waals surface area contributed by atoms with Crippen LogP contribution in [0.4, 0.5) is 10.6 Å². The molecule has 0 unspecified atom stereocenters. The van der Waals surface area contributed by atoms with Gasteiger partial charge in [-0.25, -0.2) is 4.79 Å². The van der Waals surface area contributed by atoms with E-state index in [0.717, 1.165) is 18.7 Å². The fraction of sp³-hybridized carbons (Fsp3) is 0.227. The zero-order chi connectivity index (χ0) is 20.8. The highest BCUT2D eigenvalue weighted by atomic mass is 16.5. The Balaban J connectivity index is 1.53. The number of rotatable bonds is 5. The Morgan fingerprint density at radius 3 is 2.67 bits per heavy atom. The van der Waals surface area contributed by atoms with Gasteiger partial charge in [-0.05, 0) is 35.9 Å². The minimum Gasteiger partial charge on any atom is -0.457 e. The van der Waals surface area contributed by atoms with Crippen molar-refractivity contribution in [1.82, 2.24) is 15.4 Å². The van der Waals surface area contributed by atoms with E-state index in [1.165, 1.54) is 6.26 Å². The first-order valence-electron chi connectivity index (χ1n) is 9.67. The number of benzene rings is 2. The normalized spacial score (nSPS) is 13.5. The maximum Gasteiger partial charge on any atom is 0.326 e. The lowest BCUT2D eigenvalue weighted by atomic mass is 10.2. The van der Waals surface area contributed by atoms with E-state index in [0.29, 0.717) is 42.5 Å². The van der Waals surface area contributed by atoms with Crippen LogP contribution in [0.15, 0.2) is 65.4 Å². The zero-order valence-corrected chi connectivity index (χ0v) is 16.3. The molecule has 0 radical (unpaired) electrons. The molecule has 152 valence electrons. The van der Waals surface area contributed by atoms with Gasteiger partial charge in [0.25, 0.3) is 0 Å². The van der Waals surface area contributed by atoms with Crippen LogP contribution in [-0.4, -0.2) is 42.3 Å². The van der Waals surface area contributed by atoms with Gasteiger partial charge in [0.1, 0.15) is 17.8 Å². The number of nitrogens with one attached hydrogen (secondary N) is 1. The summed E-state index contributed by atoms with van der Waals surface area (Å²) >= 11 is 0. The first-order valence-corrected chi connectivity index (χ1v) is 9.67. The summed E-state index contributed by atoms with van der Waals surface area (Å²) in [4.78, 5) is 16.5. The predicted octanol–water partition coefficient (Wildman–Crippen LogP) is 3.37. The van der Waals surface area contributed by atoms with Crippen LogP contribution in [0.2, 0.25) is 0 Å². The number of nitriles is 1. The van der Waals surface area contributed by atoms with Gasteiger partial charge in [0.2, 0.25) is 0 Å². The predicted molar refractivity (Wildman–Crippen MR) is 110 cm³/mol. The van der Waals surface area contributed by atoms with Crippen LogP contribution in [0.3, 0.4) is 0 Å². The smallest absolute Gasteiger partial charge is 0.326 e. The van der Waals surface area contributed by atoms with Crippen LogP contribution in [0.1, 0.15) is 11.1 Å². The minimum absolute atomic E-state index is 0.113. The summed E-state index contributed by atoms with van der Waals surface area (Å²) in [5, 5.41) is 16.3. The SMILES string of the molecule is N#Cc1cccc(Oc2cccc(CN(C(=O)N3CCNCC3)c3ccon3)c2)c1. The van der Waals surface area contributed by atoms with E-state index in [4.69, 9.17) is 14.5 Å². The topological polar surface area (TPSA) is 94.6 Å². The molecule has 8 nitrogen and oxygen atoms in total. The molecule has 1 N–H and O–H groups in total. The molecule has 0 spiro atoms. The number of aromatic nitrogens is 1. The second-order valence-corrected chi connectivity index (χ2v) is 6.85. The highest BCUT2D eigenvalue weighted by Gasteiger charge is 2.25. The Morgan fingerprint density at radius 2 is 1.93 bits per heavy atom. The molecule has 2 amide bonds. The monoisotopic (exact) mass is 403 g/mol. The van der Waals surface area contributed by atoms with Gasteiger partial charge in [-0.15, -0.1) is 0 Å². The number of hydrogen-bond donors (Lipinski definition) is 1. The lowest BCUT2D eigenvalue weighted by molar-refractivity contribution is 0.196. The van der Waals surface area contributed by atoms with Gasteiger partial charge in [0.05, 0.1) is 18.2 Å². The third kappa shape index (κ3) is 4.59. The Labute approximate surface area is 174 Å². The molecule has 1 saturated heterocycles. The van der Waals surface area contributed by atoms with E-state index in [9.17, 15) is 4.79 Å². The van der Waals surface area contributed by atoms with Crippen molar-refractivity contribution in [3.8, 4) is 17.6 Å². The third-order valence-corrected chi connectivity index (χ3v) is 4.76. The summed E-state index contributed by atoms with van der Waals surface area (Å²) in [6.07, 6.45) is 1.45. The number of carbonyl (C=O) groups excluding carboxylic acids is 1. The molecule has 1 fully saturated rings. The quantitative estimate of drug-likeness (QED) is 0.702. The Morgan fingerprint density at radius 1 is 1.17 bits per heavy atom. The van der Waals surface area contributed by atoms with Crippen LogP contribution in [0.25, 0.3) is 0 Å². The zero-order valence-electron chi connectivity index (χ0n) is 16.3. The maximum absolute atomic E-state index is 13.1. The summed E-state index contributed by atoms with van der Waals surface area (Å²) in [6.45, 7) is 3.15. The van der Waals surface area contributed by atoms with E-state index >= 15 is 0 Å². The van der Waals surface area contributed by atoms with E-state index in [1.54, 1.807) is 40.1 Å². The molecule has 0 saturated carbocycles. The average Bonchev–Trinajstić information content (AvgIpc) is 3.33. The van der Waals surface area contributed by atoms with Gasteiger partial charge in [0.15, 0.2) is 5.82 Å². The largest absolute Gasteiger partial charge is 0.457 e. The number of carbonyl (C=O) groups is 1. The molecular weight excluding hydrogens is 382 g/mol. The molecule has 1 aliphatic rings. The first kappa shape index (κ1) is 19.5. The molecule has 0 atom stereocenters. The summed E-state index contributed by atoms with van der Waals surface area (Å²) in [6, 6.07) is 18.1. The van der Waals surface area contributed by atoms with Crippen molar-refractivity contribution in [3.05, 3.63) is 72.0 Å². The van der Waals surface area contributed by atoms with Crippen molar-refractivity contribution in [1.29, 1.82) is 5.26 Å². The molecule has 0 bridgehead atoms. The maximum atomic E-state index is 13.1. The number of urea groups is 1. The molecular formula is C22H21N5O3. The van der Waals surface area contributed by atoms with Crippen LogP contribution in [0, 0.1) is 11.3 Å². The van der Waals surface area contributed by atoms with Crippen molar-refractivity contribution >= 4 is 11.8 Å². The van der Waals surface area contributed by atoms with Gasteiger partial charge in [0, 0.05) is 32.2 Å². The van der Waals surface area contributed by atoms with Gasteiger partial charge in [-0.1, -0.05) is 23.4 Å². The van der Waals surface area contributed by atoms with Gasteiger partial charge in [-0.3, -0.25) is 4.90 Å². The van der Waals surface area contributed by atoms with Gasteiger partial charge >= 0.3 is 6.03 Å². The lowest BCUT2D eigenvalue weighted by Gasteiger charge is -2.32. The fourth-order valence-electron chi connectivity index (χ4n) is 3.27. The van der Waals surface area contributed by atoms with Crippen molar-refractivity contribution in [2.75, 3.05) is 31.1 Å². The lowest BCUT2D eigenvalue weighted by Crippen LogP contribution is -2.51. The van der Waals surface area contributed by atoms with Crippen molar-refractivity contribution < 1.29 is 14.1 Å². The summed E-state index contributed by atoms with van der Waals surface area (Å²) < 4.78 is 10.9. The molecule has 4 rings (SSSR count). The number of nitrogens with zero attached hydrogens (tertiary/aromatic N) is 4. The van der Waals surface area contributed by atoms with E-state index < -0.39 is 0 Å². The molecule has 2 aromatic carbocycles. The highest BCUT2D eigenvalue weighted by Crippen LogP contribution is 2.25. The van der Waals surface area contributed by atoms with Gasteiger partial charge < -0.3 is 19.5 Å². The Bertz CT molecular complexity index is 1040. The second-order valence-electron chi connectivity index (χ2n) is 6.85. The molecule has 8 heteroatoms.